The van der Waals surface area contributed by atoms with Crippen LogP contribution in [0.2, 0.25) is 0 Å². The molecule has 0 saturated heterocycles. The van der Waals surface area contributed by atoms with E-state index in [-0.39, 0.29) is 0 Å². The highest BCUT2D eigenvalue weighted by Gasteiger charge is 2.50. The number of aromatic nitrogens is 2. The molecule has 4 rings (SSSR count). The van der Waals surface area contributed by atoms with Crippen LogP contribution in [-0.2, 0) is 0 Å². The van der Waals surface area contributed by atoms with E-state index < -0.39 is 7.41 Å². The highest BCUT2D eigenvalue weighted by Crippen LogP contribution is 2.58. The molecule has 0 aliphatic rings. The fourth-order valence-corrected chi connectivity index (χ4v) is 11.7. The van der Waals surface area contributed by atoms with Gasteiger partial charge in [-0.3, -0.25) is 0 Å². The van der Waals surface area contributed by atoms with Crippen molar-refractivity contribution in [3.05, 3.63) is 102 Å². The van der Waals surface area contributed by atoms with Crippen LogP contribution >= 0.6 is 75.2 Å². The largest absolute Gasteiger partial charge is 0.213 e. The second kappa shape index (κ2) is 8.47. The average molecular weight is 707 g/mol. The first-order valence-electron chi connectivity index (χ1n) is 8.31. The van der Waals surface area contributed by atoms with E-state index in [0.29, 0.717) is 0 Å². The lowest BCUT2D eigenvalue weighted by Gasteiger charge is -2.28. The molecule has 0 fully saturated rings. The molecule has 27 heavy (non-hydrogen) atoms. The van der Waals surface area contributed by atoms with Gasteiger partial charge in [-0.05, 0) is 81.6 Å². The van der Waals surface area contributed by atoms with E-state index in [2.05, 4.69) is 163 Å². The third-order valence-corrected chi connectivity index (χ3v) is 12.8. The summed E-state index contributed by atoms with van der Waals surface area (Å²) in [5.74, 6) is 0. The summed E-state index contributed by atoms with van der Waals surface area (Å²) in [4.78, 5) is 4.81. The number of nitrogens with zero attached hydrogens (tertiary/aromatic N) is 2. The van der Waals surface area contributed by atoms with Crippen molar-refractivity contribution in [2.75, 3.05) is 0 Å². The maximum atomic E-state index is 4.81. The second-order valence-corrected chi connectivity index (χ2v) is 12.1. The molecular weight excluding hydrogens is 692 g/mol. The Kier molecular flexibility index (Phi) is 6.21. The molecule has 2 nitrogen and oxygen atoms in total. The van der Waals surface area contributed by atoms with Gasteiger partial charge in [-0.25, -0.2) is 4.98 Å². The number of hydrogen-bond donors (Lipinski definition) is 0. The van der Waals surface area contributed by atoms with E-state index in [9.17, 15) is 0 Å². The van der Waals surface area contributed by atoms with Crippen molar-refractivity contribution in [1.29, 1.82) is 0 Å². The summed E-state index contributed by atoms with van der Waals surface area (Å²) in [7, 11) is -2.13. The molecule has 134 valence electrons. The second-order valence-electron chi connectivity index (χ2n) is 5.92. The van der Waals surface area contributed by atoms with Gasteiger partial charge >= 0.3 is 0 Å². The standard InChI is InChI=1S/C21H15I3N2P/c22-19-20(23)26(21(24)25-19)27(16-10-4-1-5-11-16,17-12-6-2-7-13-17)18-14-8-3-9-15-18/h1-15H/q+1. The van der Waals surface area contributed by atoms with Crippen LogP contribution in [0.15, 0.2) is 91.0 Å². The van der Waals surface area contributed by atoms with Crippen LogP contribution in [0, 0.1) is 11.2 Å². The van der Waals surface area contributed by atoms with Crippen molar-refractivity contribution in [2.24, 2.45) is 0 Å². The first-order valence-corrected chi connectivity index (χ1v) is 13.3. The normalized spacial score (nSPS) is 11.5. The zero-order valence-corrected chi connectivity index (χ0v) is 21.5. The zero-order chi connectivity index (χ0) is 18.9. The van der Waals surface area contributed by atoms with Crippen molar-refractivity contribution in [1.82, 2.24) is 9.32 Å². The van der Waals surface area contributed by atoms with Crippen molar-refractivity contribution >= 4 is 91.1 Å². The van der Waals surface area contributed by atoms with E-state index in [1.807, 2.05) is 0 Å². The summed E-state index contributed by atoms with van der Waals surface area (Å²) in [6, 6.07) is 32.6. The van der Waals surface area contributed by atoms with Crippen LogP contribution in [0.4, 0.5) is 0 Å². The minimum absolute atomic E-state index is 1.02. The third-order valence-electron chi connectivity index (χ3n) is 4.41. The first kappa shape index (κ1) is 19.8. The minimum Gasteiger partial charge on any atom is -0.213 e. The Morgan fingerprint density at radius 3 is 1.26 bits per heavy atom. The summed E-state index contributed by atoms with van der Waals surface area (Å²) in [5, 5.41) is 3.98. The number of halogens is 3. The number of hydrogen-bond acceptors (Lipinski definition) is 1. The van der Waals surface area contributed by atoms with E-state index >= 15 is 0 Å². The lowest BCUT2D eigenvalue weighted by molar-refractivity contribution is 1.11. The lowest BCUT2D eigenvalue weighted by Crippen LogP contribution is -2.37. The van der Waals surface area contributed by atoms with Gasteiger partial charge in [0.15, 0.2) is 3.70 Å². The van der Waals surface area contributed by atoms with E-state index in [1.54, 1.807) is 0 Å². The molecule has 0 bridgehead atoms. The maximum Gasteiger partial charge on any atom is 0.211 e. The fraction of sp³-hybridized carbons (Fsp3) is 0. The SMILES string of the molecule is Ic1nc(I)n([P+](c2ccccc2)(c2ccccc2)c2ccccc2)c1I. The minimum atomic E-state index is -2.13. The predicted octanol–water partition coefficient (Wildman–Crippen LogP) is 5.45. The van der Waals surface area contributed by atoms with E-state index in [0.717, 1.165) is 7.53 Å². The molecule has 0 amide bonds. The van der Waals surface area contributed by atoms with Crippen LogP contribution in [0.5, 0.6) is 0 Å². The van der Waals surface area contributed by atoms with Crippen LogP contribution in [0.3, 0.4) is 0 Å². The maximum absolute atomic E-state index is 4.81. The summed E-state index contributed by atoms with van der Waals surface area (Å²) >= 11 is 7.17. The zero-order valence-electron chi connectivity index (χ0n) is 14.1. The van der Waals surface area contributed by atoms with Gasteiger partial charge in [-0.15, -0.1) is 0 Å². The van der Waals surface area contributed by atoms with Gasteiger partial charge in [0.2, 0.25) is 11.2 Å². The Balaban J connectivity index is 2.20. The van der Waals surface area contributed by atoms with Gasteiger partial charge in [-0.2, -0.15) is 4.34 Å². The van der Waals surface area contributed by atoms with E-state index in [1.165, 1.54) is 19.6 Å². The van der Waals surface area contributed by atoms with Gasteiger partial charge in [-0.1, -0.05) is 54.6 Å². The molecule has 0 aliphatic carbocycles. The highest BCUT2D eigenvalue weighted by molar-refractivity contribution is 14.1. The summed E-state index contributed by atoms with van der Waals surface area (Å²) < 4.78 is 5.72. The van der Waals surface area contributed by atoms with Crippen LogP contribution in [0.25, 0.3) is 0 Å². The molecule has 1 aromatic heterocycles. The van der Waals surface area contributed by atoms with Gasteiger partial charge in [0, 0.05) is 22.6 Å². The molecule has 0 spiro atoms. The Labute approximate surface area is 200 Å². The van der Waals surface area contributed by atoms with Gasteiger partial charge in [0.05, 0.1) is 0 Å². The Hall–Kier alpha value is -0.510. The first-order chi connectivity index (χ1) is 13.2. The number of benzene rings is 3. The average Bonchev–Trinajstić information content (AvgIpc) is 2.98. The molecule has 0 saturated carbocycles. The van der Waals surface area contributed by atoms with Gasteiger partial charge in [0.25, 0.3) is 0 Å². The topological polar surface area (TPSA) is 17.8 Å². The van der Waals surface area contributed by atoms with Gasteiger partial charge in [0.1, 0.15) is 19.6 Å². The van der Waals surface area contributed by atoms with Crippen LogP contribution in [0.1, 0.15) is 0 Å². The number of rotatable bonds is 4. The molecule has 0 N–H and O–H groups in total. The molecular formula is C21H15I3N2P+. The smallest absolute Gasteiger partial charge is 0.211 e. The summed E-state index contributed by atoms with van der Waals surface area (Å²) in [6.07, 6.45) is 0. The molecule has 0 radical (unpaired) electrons. The third kappa shape index (κ3) is 3.49. The molecule has 1 heterocycles. The quantitative estimate of drug-likeness (QED) is 0.204. The van der Waals surface area contributed by atoms with Crippen LogP contribution in [-0.4, -0.2) is 9.32 Å². The fourth-order valence-electron chi connectivity index (χ4n) is 3.32. The van der Waals surface area contributed by atoms with Crippen molar-refractivity contribution in [3.8, 4) is 0 Å². The molecule has 0 aliphatic heterocycles. The summed E-state index contributed by atoms with van der Waals surface area (Å²) in [6.45, 7) is 0. The van der Waals surface area contributed by atoms with Crippen molar-refractivity contribution < 1.29 is 0 Å². The molecule has 0 unspecified atom stereocenters. The molecule has 0 atom stereocenters. The predicted molar refractivity (Wildman–Crippen MR) is 141 cm³/mol. The van der Waals surface area contributed by atoms with Crippen LogP contribution < -0.4 is 15.9 Å². The van der Waals surface area contributed by atoms with E-state index in [4.69, 9.17) is 4.98 Å². The molecule has 3 aromatic carbocycles. The number of imidazole rings is 1. The van der Waals surface area contributed by atoms with Crippen molar-refractivity contribution in [2.45, 2.75) is 0 Å². The monoisotopic (exact) mass is 707 g/mol. The molecule has 6 heteroatoms. The van der Waals surface area contributed by atoms with Crippen molar-refractivity contribution in [3.63, 3.8) is 0 Å². The lowest BCUT2D eigenvalue weighted by atomic mass is 10.4. The Bertz CT molecular complexity index is 954. The molecule has 4 aromatic rings. The Morgan fingerprint density at radius 2 is 0.963 bits per heavy atom. The highest BCUT2D eigenvalue weighted by atomic mass is 127. The Morgan fingerprint density at radius 1 is 0.593 bits per heavy atom. The summed E-state index contributed by atoms with van der Waals surface area (Å²) in [5.41, 5.74) is 0. The van der Waals surface area contributed by atoms with Gasteiger partial charge < -0.3 is 0 Å².